The maximum atomic E-state index is 13.0. The van der Waals surface area contributed by atoms with Crippen molar-refractivity contribution in [3.63, 3.8) is 0 Å². The first kappa shape index (κ1) is 15.5. The summed E-state index contributed by atoms with van der Waals surface area (Å²) in [6.07, 6.45) is 1.37. The van der Waals surface area contributed by atoms with Crippen molar-refractivity contribution in [1.29, 1.82) is 0 Å². The number of benzene rings is 2. The molecule has 1 heterocycles. The number of nitrogens with one attached hydrogen (secondary N) is 1. The fourth-order valence-electron chi connectivity index (χ4n) is 2.12. The molecule has 1 aliphatic rings. The molecule has 1 fully saturated rings. The van der Waals surface area contributed by atoms with Gasteiger partial charge in [-0.05, 0) is 42.0 Å². The van der Waals surface area contributed by atoms with Gasteiger partial charge in [0.25, 0.3) is 11.8 Å². The molecule has 0 aliphatic carbocycles. The monoisotopic (exact) mass is 350 g/mol. The van der Waals surface area contributed by atoms with Gasteiger partial charge >= 0.3 is 0 Å². The van der Waals surface area contributed by atoms with E-state index in [9.17, 15) is 14.0 Å². The smallest absolute Gasteiger partial charge is 0.267 e. The van der Waals surface area contributed by atoms with Crippen molar-refractivity contribution in [2.45, 2.75) is 0 Å². The van der Waals surface area contributed by atoms with E-state index in [1.54, 1.807) is 18.2 Å². The van der Waals surface area contributed by atoms with E-state index in [0.29, 0.717) is 16.3 Å². The molecule has 0 unspecified atom stereocenters. The number of halogens is 3. The second-order valence-electron chi connectivity index (χ2n) is 4.76. The highest BCUT2D eigenvalue weighted by Gasteiger charge is 2.34. The topological polar surface area (TPSA) is 49.4 Å². The third-order valence-electron chi connectivity index (χ3n) is 3.26. The molecule has 3 rings (SSSR count). The molecule has 0 saturated carbocycles. The van der Waals surface area contributed by atoms with Gasteiger partial charge in [0.05, 0.1) is 15.7 Å². The first-order valence-electron chi connectivity index (χ1n) is 6.54. The lowest BCUT2D eigenvalue weighted by molar-refractivity contribution is -0.117. The number of hydrogen-bond donors (Lipinski definition) is 1. The van der Waals surface area contributed by atoms with Crippen LogP contribution in [0.5, 0.6) is 0 Å². The van der Waals surface area contributed by atoms with Crippen molar-refractivity contribution in [1.82, 2.24) is 5.43 Å². The molecule has 0 bridgehead atoms. The second-order valence-corrected chi connectivity index (χ2v) is 5.54. The summed E-state index contributed by atoms with van der Waals surface area (Å²) in [7, 11) is 0. The van der Waals surface area contributed by atoms with Crippen LogP contribution in [0.2, 0.25) is 10.0 Å². The van der Waals surface area contributed by atoms with Crippen LogP contribution in [0, 0.1) is 5.82 Å². The molecule has 1 aliphatic heterocycles. The molecule has 0 atom stereocenters. The highest BCUT2D eigenvalue weighted by Crippen LogP contribution is 2.29. The zero-order valence-electron chi connectivity index (χ0n) is 11.5. The maximum absolute atomic E-state index is 13.0. The normalized spacial score (nSPS) is 16.1. The largest absolute Gasteiger partial charge is 0.282 e. The Morgan fingerprint density at radius 2 is 1.74 bits per heavy atom. The molecule has 0 spiro atoms. The minimum absolute atomic E-state index is 0.0847. The highest BCUT2D eigenvalue weighted by molar-refractivity contribution is 6.43. The molecular weight excluding hydrogens is 342 g/mol. The van der Waals surface area contributed by atoms with Crippen molar-refractivity contribution < 1.29 is 14.0 Å². The number of nitrogens with zero attached hydrogens (tertiary/aromatic N) is 1. The summed E-state index contributed by atoms with van der Waals surface area (Å²) in [5.41, 5.74) is 3.15. The number of carbonyl (C=O) groups excluding carboxylic acids is 2. The van der Waals surface area contributed by atoms with Crippen molar-refractivity contribution in [3.05, 3.63) is 69.5 Å². The van der Waals surface area contributed by atoms with Gasteiger partial charge in [-0.15, -0.1) is 0 Å². The average molecular weight is 351 g/mol. The third kappa shape index (κ3) is 2.93. The van der Waals surface area contributed by atoms with Crippen LogP contribution in [0.4, 0.5) is 10.1 Å². The molecule has 2 amide bonds. The lowest BCUT2D eigenvalue weighted by Crippen LogP contribution is -2.35. The van der Waals surface area contributed by atoms with Crippen molar-refractivity contribution in [2.75, 3.05) is 5.01 Å². The molecule has 2 aromatic carbocycles. The van der Waals surface area contributed by atoms with Crippen molar-refractivity contribution >= 4 is 46.8 Å². The third-order valence-corrected chi connectivity index (χ3v) is 4.09. The number of hydrogen-bond acceptors (Lipinski definition) is 2. The molecular formula is C16H9Cl2FN2O2. The molecule has 23 heavy (non-hydrogen) atoms. The fourth-order valence-corrected chi connectivity index (χ4v) is 2.48. The first-order valence-corrected chi connectivity index (χ1v) is 7.29. The zero-order valence-corrected chi connectivity index (χ0v) is 13.0. The van der Waals surface area contributed by atoms with Crippen LogP contribution in [0.1, 0.15) is 5.56 Å². The van der Waals surface area contributed by atoms with Crippen LogP contribution in [0.25, 0.3) is 6.08 Å². The Bertz CT molecular complexity index is 834. The maximum Gasteiger partial charge on any atom is 0.282 e. The van der Waals surface area contributed by atoms with Crippen LogP contribution >= 0.6 is 23.2 Å². The molecule has 116 valence electrons. The van der Waals surface area contributed by atoms with Crippen molar-refractivity contribution in [2.24, 2.45) is 0 Å². The van der Waals surface area contributed by atoms with Crippen molar-refractivity contribution in [3.8, 4) is 0 Å². The molecule has 0 radical (unpaired) electrons. The molecule has 4 nitrogen and oxygen atoms in total. The van der Waals surface area contributed by atoms with Crippen LogP contribution in [-0.2, 0) is 9.59 Å². The van der Waals surface area contributed by atoms with E-state index < -0.39 is 17.6 Å². The lowest BCUT2D eigenvalue weighted by Gasteiger charge is -2.14. The summed E-state index contributed by atoms with van der Waals surface area (Å²) in [4.78, 5) is 24.5. The van der Waals surface area contributed by atoms with Crippen LogP contribution in [-0.4, -0.2) is 11.8 Å². The minimum Gasteiger partial charge on any atom is -0.267 e. The summed E-state index contributed by atoms with van der Waals surface area (Å²) < 4.78 is 13.0. The first-order chi connectivity index (χ1) is 11.0. The molecule has 1 N–H and O–H groups in total. The second kappa shape index (κ2) is 6.02. The summed E-state index contributed by atoms with van der Waals surface area (Å²) in [5.74, 6) is -1.57. The molecule has 1 saturated heterocycles. The van der Waals surface area contributed by atoms with E-state index in [0.717, 1.165) is 5.01 Å². The number of anilines is 1. The Morgan fingerprint density at radius 1 is 1.04 bits per heavy atom. The van der Waals surface area contributed by atoms with E-state index in [2.05, 4.69) is 5.43 Å². The van der Waals surface area contributed by atoms with E-state index >= 15 is 0 Å². The zero-order chi connectivity index (χ0) is 16.6. The minimum atomic E-state index is -0.574. The number of carbonyl (C=O) groups is 2. The molecule has 7 heteroatoms. The number of rotatable bonds is 2. The van der Waals surface area contributed by atoms with Crippen LogP contribution < -0.4 is 10.4 Å². The molecule has 0 aromatic heterocycles. The van der Waals surface area contributed by atoms with Gasteiger partial charge in [0.2, 0.25) is 0 Å². The predicted molar refractivity (Wildman–Crippen MR) is 86.5 cm³/mol. The van der Waals surface area contributed by atoms with E-state index in [-0.39, 0.29) is 10.6 Å². The average Bonchev–Trinajstić information content (AvgIpc) is 2.80. The van der Waals surface area contributed by atoms with Gasteiger partial charge in [-0.2, -0.15) is 0 Å². The Morgan fingerprint density at radius 3 is 2.43 bits per heavy atom. The highest BCUT2D eigenvalue weighted by atomic mass is 35.5. The Labute approximate surface area is 141 Å². The van der Waals surface area contributed by atoms with Gasteiger partial charge in [-0.1, -0.05) is 35.3 Å². The van der Waals surface area contributed by atoms with Gasteiger partial charge in [0.1, 0.15) is 11.4 Å². The Hall–Kier alpha value is -2.37. The van der Waals surface area contributed by atoms with Gasteiger partial charge < -0.3 is 0 Å². The van der Waals surface area contributed by atoms with Crippen LogP contribution in [0.3, 0.4) is 0 Å². The summed E-state index contributed by atoms with van der Waals surface area (Å²) in [6.45, 7) is 0. The standard InChI is InChI=1S/C16H9Cl2FN2O2/c17-13-3-1-2-9(14(13)18)8-12-15(22)20-21(16(12)23)11-6-4-10(19)5-7-11/h1-8H,(H,20,22)/b12-8-. The molecule has 2 aromatic rings. The Kier molecular flexibility index (Phi) is 4.07. The number of amides is 2. The van der Waals surface area contributed by atoms with Gasteiger partial charge in [0.15, 0.2) is 0 Å². The SMILES string of the molecule is O=C1NN(c2ccc(F)cc2)C(=O)/C1=C\c1cccc(Cl)c1Cl. The summed E-state index contributed by atoms with van der Waals surface area (Å²) in [5, 5.41) is 1.62. The fraction of sp³-hybridized carbons (Fsp3) is 0. The summed E-state index contributed by atoms with van der Waals surface area (Å²) in [6, 6.07) is 10.1. The van der Waals surface area contributed by atoms with Crippen LogP contribution in [0.15, 0.2) is 48.0 Å². The van der Waals surface area contributed by atoms with Gasteiger partial charge in [-0.25, -0.2) is 9.40 Å². The summed E-state index contributed by atoms with van der Waals surface area (Å²) >= 11 is 12.0. The van der Waals surface area contributed by atoms with Gasteiger partial charge in [0, 0.05) is 0 Å². The Balaban J connectivity index is 1.97. The van der Waals surface area contributed by atoms with E-state index in [4.69, 9.17) is 23.2 Å². The number of hydrazine groups is 1. The lowest BCUT2D eigenvalue weighted by atomic mass is 10.1. The quantitative estimate of drug-likeness (QED) is 0.664. The van der Waals surface area contributed by atoms with E-state index in [1.807, 2.05) is 0 Å². The van der Waals surface area contributed by atoms with E-state index in [1.165, 1.54) is 30.3 Å². The van der Waals surface area contributed by atoms with Gasteiger partial charge in [-0.3, -0.25) is 15.0 Å². The predicted octanol–water partition coefficient (Wildman–Crippen LogP) is 3.59.